The Morgan fingerprint density at radius 3 is 2.28 bits per heavy atom. The first kappa shape index (κ1) is 31.0. The number of amides is 1. The number of carbonyl (C=O) groups is 1. The Labute approximate surface area is 243 Å². The zero-order valence-corrected chi connectivity index (χ0v) is 24.0. The summed E-state index contributed by atoms with van der Waals surface area (Å²) >= 11 is 23.4. The van der Waals surface area contributed by atoms with Crippen molar-refractivity contribution in [3.63, 3.8) is 0 Å². The first-order chi connectivity index (χ1) is 18.1. The van der Waals surface area contributed by atoms with Crippen LogP contribution < -0.4 is 21.3 Å². The van der Waals surface area contributed by atoms with E-state index in [0.29, 0.717) is 6.54 Å². The quantitative estimate of drug-likeness (QED) is 0.138. The maximum atomic E-state index is 13.1. The molecule has 7 nitrogen and oxygen atoms in total. The van der Waals surface area contributed by atoms with Gasteiger partial charge in [0.1, 0.15) is 6.17 Å². The van der Waals surface area contributed by atoms with E-state index in [1.807, 2.05) is 36.4 Å². The van der Waals surface area contributed by atoms with Crippen molar-refractivity contribution in [3.8, 4) is 0 Å². The number of fused-ring (bicyclic) bond motifs is 1. The number of carbonyl (C=O) groups excluding carboxylic acids is 1. The predicted octanol–water partition coefficient (Wildman–Crippen LogP) is 5.91. The molecule has 1 unspecified atom stereocenters. The molecule has 3 aromatic carbocycles. The largest absolute Gasteiger partial charge is 0.501 e. The molecule has 39 heavy (non-hydrogen) atoms. The summed E-state index contributed by atoms with van der Waals surface area (Å²) in [5, 5.41) is 12.2. The number of anilines is 2. The van der Waals surface area contributed by atoms with Gasteiger partial charge in [0.05, 0.1) is 22.7 Å². The molecule has 3 rings (SSSR count). The summed E-state index contributed by atoms with van der Waals surface area (Å²) in [5.74, 6) is -0.510. The van der Waals surface area contributed by atoms with Crippen LogP contribution in [-0.2, 0) is 21.1 Å². The van der Waals surface area contributed by atoms with Crippen LogP contribution >= 0.6 is 47.0 Å². The molecule has 1 amide bonds. The molecule has 0 aromatic heterocycles. The molecule has 0 spiro atoms. The number of hydrogen-bond acceptors (Lipinski definition) is 5. The number of rotatable bonds is 8. The molecule has 0 aliphatic carbocycles. The Morgan fingerprint density at radius 2 is 1.64 bits per heavy atom. The van der Waals surface area contributed by atoms with Crippen molar-refractivity contribution in [2.75, 3.05) is 17.2 Å². The Hall–Kier alpha value is -2.51. The minimum Gasteiger partial charge on any atom is -0.384 e. The van der Waals surface area contributed by atoms with Gasteiger partial charge in [0.15, 0.2) is 5.11 Å². The average molecular weight is 642 g/mol. The van der Waals surface area contributed by atoms with Crippen molar-refractivity contribution in [2.45, 2.75) is 33.7 Å². The van der Waals surface area contributed by atoms with E-state index < -0.39 is 36.1 Å². The van der Waals surface area contributed by atoms with Gasteiger partial charge in [-0.25, -0.2) is 8.42 Å². The molecular formula is C24H22Cl3F3N4O3S2. The Kier molecular flexibility index (Phi) is 9.82. The molecule has 0 fully saturated rings. The summed E-state index contributed by atoms with van der Waals surface area (Å²) in [4.78, 5) is 11.9. The molecule has 0 bridgehead atoms. The van der Waals surface area contributed by atoms with Crippen molar-refractivity contribution >= 4 is 90.0 Å². The highest BCUT2D eigenvalue weighted by Gasteiger charge is 2.47. The van der Waals surface area contributed by atoms with E-state index in [9.17, 15) is 26.4 Å². The van der Waals surface area contributed by atoms with Gasteiger partial charge in [-0.15, -0.1) is 0 Å². The molecule has 0 radical (unpaired) electrons. The van der Waals surface area contributed by atoms with Gasteiger partial charge in [-0.3, -0.25) is 4.79 Å². The van der Waals surface area contributed by atoms with Crippen molar-refractivity contribution in [3.05, 3.63) is 66.2 Å². The Bertz CT molecular complexity index is 1480. The average Bonchev–Trinajstić information content (AvgIpc) is 2.83. The van der Waals surface area contributed by atoms with E-state index in [1.165, 1.54) is 0 Å². The van der Waals surface area contributed by atoms with E-state index >= 15 is 0 Å². The molecule has 0 heterocycles. The van der Waals surface area contributed by atoms with Crippen LogP contribution in [0.4, 0.5) is 24.5 Å². The zero-order valence-electron chi connectivity index (χ0n) is 20.1. The lowest BCUT2D eigenvalue weighted by molar-refractivity contribution is -0.121. The second-order valence-corrected chi connectivity index (χ2v) is 12.9. The molecule has 210 valence electrons. The number of sulfone groups is 1. The van der Waals surface area contributed by atoms with Gasteiger partial charge in [0, 0.05) is 6.54 Å². The number of nitrogens with one attached hydrogen (secondary N) is 4. The summed E-state index contributed by atoms with van der Waals surface area (Å²) in [5.41, 5.74) is -4.61. The SMILES string of the molecule is CCNc1ccc(S(=O)(=O)C(F)(F)F)cc1NC(=S)NC(NC(=O)Cc1cccc2ccccc12)C(Cl)(Cl)Cl. The molecule has 0 aliphatic rings. The number of thiocarbonyl (C=S) groups is 1. The third-order valence-electron chi connectivity index (χ3n) is 5.36. The van der Waals surface area contributed by atoms with Crippen LogP contribution in [0.25, 0.3) is 10.8 Å². The summed E-state index contributed by atoms with van der Waals surface area (Å²) in [6, 6.07) is 15.8. The topological polar surface area (TPSA) is 99.3 Å². The molecule has 0 aliphatic heterocycles. The lowest BCUT2D eigenvalue weighted by Gasteiger charge is -2.28. The Balaban J connectivity index is 1.80. The second kappa shape index (κ2) is 12.3. The van der Waals surface area contributed by atoms with Crippen molar-refractivity contribution < 1.29 is 26.4 Å². The molecule has 0 saturated heterocycles. The maximum absolute atomic E-state index is 13.1. The van der Waals surface area contributed by atoms with Gasteiger partial charge >= 0.3 is 5.51 Å². The van der Waals surface area contributed by atoms with E-state index in [2.05, 4.69) is 21.3 Å². The van der Waals surface area contributed by atoms with Crippen LogP contribution in [0, 0.1) is 0 Å². The normalized spacial score (nSPS) is 13.0. The fourth-order valence-corrected chi connectivity index (χ4v) is 4.94. The molecule has 1 atom stereocenters. The van der Waals surface area contributed by atoms with Crippen LogP contribution in [0.1, 0.15) is 12.5 Å². The highest BCUT2D eigenvalue weighted by atomic mass is 35.6. The molecule has 4 N–H and O–H groups in total. The van der Waals surface area contributed by atoms with Crippen molar-refractivity contribution in [1.29, 1.82) is 0 Å². The summed E-state index contributed by atoms with van der Waals surface area (Å²) in [7, 11) is -5.63. The maximum Gasteiger partial charge on any atom is 0.501 e. The van der Waals surface area contributed by atoms with Crippen molar-refractivity contribution in [1.82, 2.24) is 10.6 Å². The molecule has 0 saturated carbocycles. The van der Waals surface area contributed by atoms with Gasteiger partial charge in [0.25, 0.3) is 9.84 Å². The standard InChI is InChI=1S/C24H22Cl3F3N4O3S2/c1-2-31-18-11-10-16(39(36,37)24(28,29)30)13-19(18)32-22(38)34-21(23(25,26)27)33-20(35)12-15-8-5-7-14-6-3-4-9-17(14)15/h3-11,13,21,31H,2,12H2,1H3,(H,33,35)(H2,32,34,38). The molecular weight excluding hydrogens is 620 g/mol. The van der Waals surface area contributed by atoms with Gasteiger partial charge in [-0.05, 0) is 53.7 Å². The fraction of sp³-hybridized carbons (Fsp3) is 0.250. The minimum absolute atomic E-state index is 0.0532. The Morgan fingerprint density at radius 1 is 0.974 bits per heavy atom. The first-order valence-corrected chi connectivity index (χ1v) is 14.3. The lowest BCUT2D eigenvalue weighted by Crippen LogP contribution is -2.56. The number of halogens is 6. The van der Waals surface area contributed by atoms with Crippen molar-refractivity contribution in [2.24, 2.45) is 0 Å². The van der Waals surface area contributed by atoms with E-state index in [1.54, 1.807) is 13.0 Å². The summed E-state index contributed by atoms with van der Waals surface area (Å²) in [6.07, 6.45) is -1.42. The number of alkyl halides is 6. The van der Waals surface area contributed by atoms with E-state index in [0.717, 1.165) is 34.5 Å². The lowest BCUT2D eigenvalue weighted by atomic mass is 10.0. The smallest absolute Gasteiger partial charge is 0.384 e. The minimum atomic E-state index is -5.63. The van der Waals surface area contributed by atoms with Crippen LogP contribution in [0.15, 0.2) is 65.6 Å². The summed E-state index contributed by atoms with van der Waals surface area (Å²) in [6.45, 7) is 2.09. The third-order valence-corrected chi connectivity index (χ3v) is 7.72. The highest BCUT2D eigenvalue weighted by molar-refractivity contribution is 7.92. The molecule has 3 aromatic rings. The monoisotopic (exact) mass is 640 g/mol. The van der Waals surface area contributed by atoms with Gasteiger partial charge < -0.3 is 21.3 Å². The highest BCUT2D eigenvalue weighted by Crippen LogP contribution is 2.34. The third kappa shape index (κ3) is 7.79. The predicted molar refractivity (Wildman–Crippen MR) is 153 cm³/mol. The van der Waals surface area contributed by atoms with Gasteiger partial charge in [-0.1, -0.05) is 77.3 Å². The van der Waals surface area contributed by atoms with Crippen LogP contribution in [0.2, 0.25) is 0 Å². The number of benzene rings is 3. The van der Waals surface area contributed by atoms with E-state index in [-0.39, 0.29) is 22.9 Å². The summed E-state index contributed by atoms with van der Waals surface area (Å²) < 4.78 is 60.9. The number of hydrogen-bond donors (Lipinski definition) is 4. The van der Waals surface area contributed by atoms with Gasteiger partial charge in [0.2, 0.25) is 9.70 Å². The van der Waals surface area contributed by atoms with E-state index in [4.69, 9.17) is 47.0 Å². The van der Waals surface area contributed by atoms with Crippen LogP contribution in [-0.4, -0.2) is 41.4 Å². The van der Waals surface area contributed by atoms with Crippen LogP contribution in [0.3, 0.4) is 0 Å². The molecule has 15 heteroatoms. The zero-order chi connectivity index (χ0) is 29.0. The second-order valence-electron chi connectivity index (χ2n) is 8.14. The van der Waals surface area contributed by atoms with Crippen LogP contribution in [0.5, 0.6) is 0 Å². The first-order valence-electron chi connectivity index (χ1n) is 11.2. The fourth-order valence-electron chi connectivity index (χ4n) is 3.59. The van der Waals surface area contributed by atoms with Gasteiger partial charge in [-0.2, -0.15) is 13.2 Å².